The molecule has 0 heterocycles. The maximum atomic E-state index is 6.06. The first-order valence-corrected chi connectivity index (χ1v) is 16.7. The molecular weight excluding hydrogens is 504 g/mol. The monoisotopic (exact) mass is 560 g/mol. The Morgan fingerprint density at radius 3 is 1.61 bits per heavy atom. The van der Waals surface area contributed by atoms with E-state index in [4.69, 9.17) is 14.5 Å². The summed E-state index contributed by atoms with van der Waals surface area (Å²) in [6.07, 6.45) is 20.8. The normalized spacial score (nSPS) is 11.3. The van der Waals surface area contributed by atoms with Gasteiger partial charge in [0.1, 0.15) is 5.75 Å². The Morgan fingerprint density at radius 1 is 0.488 bits per heavy atom. The Bertz CT molecular complexity index is 1120. The lowest BCUT2D eigenvalue weighted by Gasteiger charge is -2.16. The van der Waals surface area contributed by atoms with Crippen LogP contribution in [0.25, 0.3) is 21.9 Å². The summed E-state index contributed by atoms with van der Waals surface area (Å²) >= 11 is 0. The fraction of sp³-hybridized carbons (Fsp3) is 0.579. The average Bonchev–Trinajstić information content (AvgIpc) is 2.98. The van der Waals surface area contributed by atoms with Crippen molar-refractivity contribution in [3.8, 4) is 22.6 Å². The molecule has 41 heavy (non-hydrogen) atoms. The molecule has 0 unspecified atom stereocenters. The molecule has 0 saturated heterocycles. The number of aryl methyl sites for hydroxylation is 2. The molecule has 226 valence electrons. The summed E-state index contributed by atoms with van der Waals surface area (Å²) in [6.45, 7) is 10.2. The molecule has 0 bridgehead atoms. The average molecular weight is 561 g/mol. The van der Waals surface area contributed by atoms with Crippen LogP contribution in [0.2, 0.25) is 0 Å². The highest BCUT2D eigenvalue weighted by atomic mass is 17.2. The van der Waals surface area contributed by atoms with Crippen LogP contribution in [0, 0.1) is 13.8 Å². The number of hydrogen-bond donors (Lipinski definition) is 0. The van der Waals surface area contributed by atoms with E-state index in [1.807, 2.05) is 0 Å². The van der Waals surface area contributed by atoms with Crippen LogP contribution in [0.3, 0.4) is 0 Å². The van der Waals surface area contributed by atoms with Crippen molar-refractivity contribution in [2.45, 2.75) is 130 Å². The summed E-state index contributed by atoms with van der Waals surface area (Å²) in [4.78, 5) is 11.6. The van der Waals surface area contributed by atoms with Crippen LogP contribution >= 0.6 is 0 Å². The lowest BCUT2D eigenvalue weighted by Crippen LogP contribution is -2.02. The topological polar surface area (TPSA) is 27.7 Å². The second-order valence-electron chi connectivity index (χ2n) is 11.8. The second kappa shape index (κ2) is 19.6. The highest BCUT2D eigenvalue weighted by molar-refractivity contribution is 6.01. The number of rotatable bonds is 22. The van der Waals surface area contributed by atoms with Gasteiger partial charge in [-0.15, -0.1) is 0 Å². The smallest absolute Gasteiger partial charge is 0.176 e. The van der Waals surface area contributed by atoms with E-state index >= 15 is 0 Å². The standard InChI is InChI=1S/C38H56O3/c1-5-7-9-11-13-15-17-19-29-39-34-25-23-33(24-26-34)37-31(3)21-28-36-35(37)27-22-32(4)38(36)41-40-30-20-18-16-14-12-10-8-6-2/h21-28H,5-20,29-30H2,1-4H3. The van der Waals surface area contributed by atoms with Crippen molar-refractivity contribution in [3.05, 3.63) is 59.7 Å². The van der Waals surface area contributed by atoms with Crippen molar-refractivity contribution in [1.82, 2.24) is 0 Å². The molecule has 0 radical (unpaired) electrons. The predicted molar refractivity (Wildman–Crippen MR) is 176 cm³/mol. The third kappa shape index (κ3) is 11.3. The SMILES string of the molecule is CCCCCCCCCCOOc1c(C)ccc2c(-c3ccc(OCCCCCCCCCC)cc3)c(C)ccc12. The Hall–Kier alpha value is -2.52. The van der Waals surface area contributed by atoms with Crippen molar-refractivity contribution in [2.75, 3.05) is 13.2 Å². The number of ether oxygens (including phenoxy) is 1. The van der Waals surface area contributed by atoms with Crippen LogP contribution in [0.1, 0.15) is 128 Å². The van der Waals surface area contributed by atoms with Gasteiger partial charge >= 0.3 is 0 Å². The largest absolute Gasteiger partial charge is 0.494 e. The third-order valence-corrected chi connectivity index (χ3v) is 8.19. The Morgan fingerprint density at radius 2 is 1.00 bits per heavy atom. The van der Waals surface area contributed by atoms with Crippen LogP contribution in [0.4, 0.5) is 0 Å². The van der Waals surface area contributed by atoms with Gasteiger partial charge < -0.3 is 9.62 Å². The number of hydrogen-bond acceptors (Lipinski definition) is 3. The molecule has 0 spiro atoms. The molecule has 0 saturated carbocycles. The van der Waals surface area contributed by atoms with Crippen LogP contribution in [0.5, 0.6) is 11.5 Å². The number of fused-ring (bicyclic) bond motifs is 1. The molecule has 0 aromatic heterocycles. The summed E-state index contributed by atoms with van der Waals surface area (Å²) in [6, 6.07) is 17.3. The number of unbranched alkanes of at least 4 members (excludes halogenated alkanes) is 14. The second-order valence-corrected chi connectivity index (χ2v) is 11.8. The van der Waals surface area contributed by atoms with Gasteiger partial charge in [-0.05, 0) is 66.5 Å². The molecule has 3 heteroatoms. The molecule has 0 aliphatic carbocycles. The summed E-state index contributed by atoms with van der Waals surface area (Å²) < 4.78 is 6.06. The molecular formula is C38H56O3. The quantitative estimate of drug-likeness (QED) is 0.0695. The van der Waals surface area contributed by atoms with Crippen LogP contribution in [0.15, 0.2) is 48.5 Å². The molecule has 3 nitrogen and oxygen atoms in total. The Kier molecular flexibility index (Phi) is 15.7. The summed E-state index contributed by atoms with van der Waals surface area (Å²) in [5.41, 5.74) is 4.78. The number of benzene rings is 3. The van der Waals surface area contributed by atoms with E-state index in [1.54, 1.807) is 0 Å². The highest BCUT2D eigenvalue weighted by Gasteiger charge is 2.14. The van der Waals surface area contributed by atoms with E-state index in [2.05, 4.69) is 76.2 Å². The Labute approximate surface area is 250 Å². The highest BCUT2D eigenvalue weighted by Crippen LogP contribution is 2.38. The van der Waals surface area contributed by atoms with E-state index in [-0.39, 0.29) is 0 Å². The lowest BCUT2D eigenvalue weighted by molar-refractivity contribution is -0.206. The molecule has 3 rings (SSSR count). The van der Waals surface area contributed by atoms with Crippen LogP contribution in [-0.4, -0.2) is 13.2 Å². The molecule has 0 N–H and O–H groups in total. The van der Waals surface area contributed by atoms with Crippen molar-refractivity contribution in [2.24, 2.45) is 0 Å². The van der Waals surface area contributed by atoms with Crippen molar-refractivity contribution < 1.29 is 14.5 Å². The van der Waals surface area contributed by atoms with Crippen molar-refractivity contribution in [3.63, 3.8) is 0 Å². The minimum Gasteiger partial charge on any atom is -0.494 e. The fourth-order valence-corrected chi connectivity index (χ4v) is 5.63. The maximum Gasteiger partial charge on any atom is 0.176 e. The zero-order valence-electron chi connectivity index (χ0n) is 26.6. The maximum absolute atomic E-state index is 6.06. The molecule has 0 amide bonds. The van der Waals surface area contributed by atoms with Crippen LogP contribution in [-0.2, 0) is 4.89 Å². The molecule has 0 aliphatic heterocycles. The molecule has 0 aliphatic rings. The zero-order chi connectivity index (χ0) is 29.1. The predicted octanol–water partition coefficient (Wildman–Crippen LogP) is 12.1. The van der Waals surface area contributed by atoms with Gasteiger partial charge in [0, 0.05) is 5.39 Å². The fourth-order valence-electron chi connectivity index (χ4n) is 5.63. The first kappa shape index (κ1) is 33.0. The van der Waals surface area contributed by atoms with E-state index in [0.29, 0.717) is 6.61 Å². The van der Waals surface area contributed by atoms with E-state index in [9.17, 15) is 0 Å². The van der Waals surface area contributed by atoms with Crippen LogP contribution < -0.4 is 9.62 Å². The van der Waals surface area contributed by atoms with Crippen molar-refractivity contribution in [1.29, 1.82) is 0 Å². The molecule has 0 atom stereocenters. The summed E-state index contributed by atoms with van der Waals surface area (Å²) in [7, 11) is 0. The molecule has 0 fully saturated rings. The summed E-state index contributed by atoms with van der Waals surface area (Å²) in [5.74, 6) is 1.78. The minimum atomic E-state index is 0.629. The van der Waals surface area contributed by atoms with Gasteiger partial charge in [-0.3, -0.25) is 0 Å². The van der Waals surface area contributed by atoms with Gasteiger partial charge in [-0.25, -0.2) is 0 Å². The van der Waals surface area contributed by atoms with Crippen molar-refractivity contribution >= 4 is 10.8 Å². The van der Waals surface area contributed by atoms with E-state index in [0.717, 1.165) is 41.9 Å². The lowest BCUT2D eigenvalue weighted by atomic mass is 9.92. The Balaban J connectivity index is 1.52. The third-order valence-electron chi connectivity index (χ3n) is 8.19. The van der Waals surface area contributed by atoms with Gasteiger partial charge in [0.05, 0.1) is 13.2 Å². The minimum absolute atomic E-state index is 0.629. The molecule has 3 aromatic carbocycles. The van der Waals surface area contributed by atoms with E-state index < -0.39 is 0 Å². The first-order valence-electron chi connectivity index (χ1n) is 16.7. The van der Waals surface area contributed by atoms with Gasteiger partial charge in [0.25, 0.3) is 0 Å². The van der Waals surface area contributed by atoms with Gasteiger partial charge in [0.15, 0.2) is 5.75 Å². The van der Waals surface area contributed by atoms with Gasteiger partial charge in [-0.2, -0.15) is 4.89 Å². The molecule has 3 aromatic rings. The van der Waals surface area contributed by atoms with Gasteiger partial charge in [0.2, 0.25) is 0 Å². The van der Waals surface area contributed by atoms with E-state index in [1.165, 1.54) is 112 Å². The zero-order valence-corrected chi connectivity index (χ0v) is 26.6. The summed E-state index contributed by atoms with van der Waals surface area (Å²) in [5, 5.41) is 2.28. The first-order chi connectivity index (χ1) is 20.2. The van der Waals surface area contributed by atoms with Gasteiger partial charge in [-0.1, -0.05) is 140 Å².